The summed E-state index contributed by atoms with van der Waals surface area (Å²) in [4.78, 5) is 13.2. The van der Waals surface area contributed by atoms with Gasteiger partial charge in [0.1, 0.15) is 5.60 Å². The van der Waals surface area contributed by atoms with E-state index in [2.05, 4.69) is 13.0 Å². The first-order chi connectivity index (χ1) is 7.49. The Bertz CT molecular complexity index is 318. The molecular formula is C13H21NO2. The second kappa shape index (κ2) is 3.88. The topological polar surface area (TPSA) is 32.8 Å². The summed E-state index contributed by atoms with van der Waals surface area (Å²) in [5.74, 6) is 0.0580. The lowest BCUT2D eigenvalue weighted by Crippen LogP contribution is -2.37. The zero-order chi connectivity index (χ0) is 11.8. The van der Waals surface area contributed by atoms with Crippen LogP contribution in [0, 0.1) is 5.41 Å². The van der Waals surface area contributed by atoms with Crippen molar-refractivity contribution in [2.75, 3.05) is 20.7 Å². The van der Waals surface area contributed by atoms with E-state index in [1.54, 1.807) is 25.1 Å². The van der Waals surface area contributed by atoms with E-state index >= 15 is 0 Å². The van der Waals surface area contributed by atoms with E-state index in [4.69, 9.17) is 4.74 Å². The number of nitrogens with zero attached hydrogens (tertiary/aromatic N) is 1. The highest BCUT2D eigenvalue weighted by Gasteiger charge is 2.58. The van der Waals surface area contributed by atoms with E-state index < -0.39 is 0 Å². The van der Waals surface area contributed by atoms with Crippen LogP contribution in [0.15, 0.2) is 12.2 Å². The number of carbonyl (C=O) groups excluding carboxylic acids is 1. The van der Waals surface area contributed by atoms with Crippen molar-refractivity contribution in [2.45, 2.75) is 38.2 Å². The van der Waals surface area contributed by atoms with Gasteiger partial charge in [-0.25, -0.2) is 0 Å². The van der Waals surface area contributed by atoms with Gasteiger partial charge in [0.25, 0.3) is 0 Å². The Kier molecular flexibility index (Phi) is 2.82. The van der Waals surface area contributed by atoms with Crippen molar-refractivity contribution in [2.24, 2.45) is 5.41 Å². The summed E-state index contributed by atoms with van der Waals surface area (Å²) in [6.45, 7) is 3.09. The quantitative estimate of drug-likeness (QED) is 0.529. The number of carbonyl (C=O) groups is 1. The van der Waals surface area contributed by atoms with Gasteiger partial charge < -0.3 is 9.64 Å². The fourth-order valence-electron chi connectivity index (χ4n) is 2.62. The summed E-state index contributed by atoms with van der Waals surface area (Å²) in [6, 6.07) is 0. The molecule has 2 rings (SSSR count). The lowest BCUT2D eigenvalue weighted by Gasteiger charge is -2.37. The van der Waals surface area contributed by atoms with Crippen molar-refractivity contribution in [1.82, 2.24) is 4.90 Å². The van der Waals surface area contributed by atoms with E-state index in [0.29, 0.717) is 0 Å². The Morgan fingerprint density at radius 2 is 1.94 bits per heavy atom. The zero-order valence-corrected chi connectivity index (χ0v) is 10.5. The molecule has 1 saturated carbocycles. The number of hydrogen-bond donors (Lipinski definition) is 0. The number of amides is 1. The van der Waals surface area contributed by atoms with Crippen molar-refractivity contribution in [3.63, 3.8) is 0 Å². The highest BCUT2D eigenvalue weighted by Crippen LogP contribution is 2.54. The third kappa shape index (κ3) is 1.88. The molecule has 1 aliphatic carbocycles. The Labute approximate surface area is 97.5 Å². The van der Waals surface area contributed by atoms with E-state index in [-0.39, 0.29) is 16.9 Å². The van der Waals surface area contributed by atoms with Crippen LogP contribution in [0.5, 0.6) is 0 Å². The Balaban J connectivity index is 2.09. The minimum Gasteiger partial charge on any atom is -0.369 e. The van der Waals surface area contributed by atoms with Crippen LogP contribution >= 0.6 is 0 Å². The highest BCUT2D eigenvalue weighted by atomic mass is 16.6. The predicted octanol–water partition coefficient (Wildman–Crippen LogP) is 1.98. The molecule has 0 N–H and O–H groups in total. The molecule has 0 aromatic carbocycles. The fourth-order valence-corrected chi connectivity index (χ4v) is 2.62. The number of hydrogen-bond acceptors (Lipinski definition) is 2. The average Bonchev–Trinajstić information content (AvgIpc) is 3.01. The molecule has 2 aliphatic rings. The smallest absolute Gasteiger partial charge is 0.245 e. The summed E-state index contributed by atoms with van der Waals surface area (Å²) in [7, 11) is 3.55. The maximum absolute atomic E-state index is 11.6. The van der Waals surface area contributed by atoms with E-state index in [0.717, 1.165) is 19.4 Å². The zero-order valence-electron chi connectivity index (χ0n) is 10.5. The van der Waals surface area contributed by atoms with Crippen molar-refractivity contribution >= 4 is 5.91 Å². The first-order valence-corrected chi connectivity index (χ1v) is 6.04. The molecule has 3 nitrogen and oxygen atoms in total. The van der Waals surface area contributed by atoms with E-state index in [9.17, 15) is 4.79 Å². The summed E-state index contributed by atoms with van der Waals surface area (Å²) in [6.07, 6.45) is 8.54. The summed E-state index contributed by atoms with van der Waals surface area (Å²) in [5, 5.41) is 0. The summed E-state index contributed by atoms with van der Waals surface area (Å²) >= 11 is 0. The maximum Gasteiger partial charge on any atom is 0.245 e. The van der Waals surface area contributed by atoms with Gasteiger partial charge in [0.15, 0.2) is 0 Å². The van der Waals surface area contributed by atoms with Crippen LogP contribution < -0.4 is 0 Å². The Hall–Kier alpha value is -0.830. The average molecular weight is 223 g/mol. The third-order valence-electron chi connectivity index (χ3n) is 4.09. The summed E-state index contributed by atoms with van der Waals surface area (Å²) in [5.41, 5.74) is 0.102. The van der Waals surface area contributed by atoms with Crippen LogP contribution in [0.25, 0.3) is 0 Å². The maximum atomic E-state index is 11.6. The highest BCUT2D eigenvalue weighted by molar-refractivity contribution is 5.87. The molecule has 1 heterocycles. The molecule has 0 bridgehead atoms. The molecule has 90 valence electrons. The van der Waals surface area contributed by atoms with Gasteiger partial charge in [0.2, 0.25) is 5.91 Å². The SMILES string of the molecule is CN(C)C(=O)C=CC1(C)CCCCC12CO2. The normalized spacial score (nSPS) is 37.9. The number of epoxide rings is 1. The van der Waals surface area contributed by atoms with Crippen molar-refractivity contribution in [1.29, 1.82) is 0 Å². The largest absolute Gasteiger partial charge is 0.369 e. The van der Waals surface area contributed by atoms with Crippen molar-refractivity contribution in [3.05, 3.63) is 12.2 Å². The number of rotatable bonds is 2. The standard InChI is InChI=1S/C13H21NO2/c1-12(9-6-11(15)14(2)3)7-4-5-8-13(12)10-16-13/h6,9H,4-5,7-8,10H2,1-3H3. The van der Waals surface area contributed by atoms with Gasteiger partial charge >= 0.3 is 0 Å². The predicted molar refractivity (Wildman–Crippen MR) is 63.1 cm³/mol. The molecule has 0 aromatic rings. The molecular weight excluding hydrogens is 202 g/mol. The van der Waals surface area contributed by atoms with Gasteiger partial charge in [0, 0.05) is 19.5 Å². The van der Waals surface area contributed by atoms with Gasteiger partial charge in [-0.2, -0.15) is 0 Å². The third-order valence-corrected chi connectivity index (χ3v) is 4.09. The minimum atomic E-state index is 0.0499. The Morgan fingerprint density at radius 3 is 2.50 bits per heavy atom. The molecule has 1 spiro atoms. The van der Waals surface area contributed by atoms with Crippen LogP contribution in [0.1, 0.15) is 32.6 Å². The van der Waals surface area contributed by atoms with Crippen LogP contribution in [-0.2, 0) is 9.53 Å². The molecule has 3 heteroatoms. The van der Waals surface area contributed by atoms with E-state index in [1.165, 1.54) is 12.8 Å². The molecule has 2 unspecified atom stereocenters. The molecule has 0 aromatic heterocycles. The molecule has 2 fully saturated rings. The van der Waals surface area contributed by atoms with Gasteiger partial charge in [-0.05, 0) is 18.9 Å². The monoisotopic (exact) mass is 223 g/mol. The minimum absolute atomic E-state index is 0.0499. The lowest BCUT2D eigenvalue weighted by atomic mass is 9.67. The van der Waals surface area contributed by atoms with Crippen LogP contribution in [0.4, 0.5) is 0 Å². The Morgan fingerprint density at radius 1 is 1.31 bits per heavy atom. The molecule has 1 saturated heterocycles. The second-order valence-corrected chi connectivity index (χ2v) is 5.47. The second-order valence-electron chi connectivity index (χ2n) is 5.47. The van der Waals surface area contributed by atoms with Crippen LogP contribution in [0.3, 0.4) is 0 Å². The first-order valence-electron chi connectivity index (χ1n) is 6.04. The molecule has 1 amide bonds. The fraction of sp³-hybridized carbons (Fsp3) is 0.769. The van der Waals surface area contributed by atoms with Gasteiger partial charge in [-0.1, -0.05) is 25.8 Å². The number of ether oxygens (including phenoxy) is 1. The molecule has 2 atom stereocenters. The summed E-state index contributed by atoms with van der Waals surface area (Å²) < 4.78 is 5.67. The molecule has 0 radical (unpaired) electrons. The van der Waals surface area contributed by atoms with E-state index in [1.807, 2.05) is 0 Å². The van der Waals surface area contributed by atoms with Gasteiger partial charge in [-0.3, -0.25) is 4.79 Å². The molecule has 16 heavy (non-hydrogen) atoms. The lowest BCUT2D eigenvalue weighted by molar-refractivity contribution is -0.123. The van der Waals surface area contributed by atoms with Crippen LogP contribution in [0.2, 0.25) is 0 Å². The molecule has 1 aliphatic heterocycles. The van der Waals surface area contributed by atoms with Crippen LogP contribution in [-0.4, -0.2) is 37.1 Å². The first kappa shape index (κ1) is 11.6. The van der Waals surface area contributed by atoms with Gasteiger partial charge in [0.05, 0.1) is 6.61 Å². The van der Waals surface area contributed by atoms with Crippen molar-refractivity contribution < 1.29 is 9.53 Å². The number of likely N-dealkylation sites (N-methyl/N-ethyl adjacent to an activating group) is 1. The van der Waals surface area contributed by atoms with Crippen molar-refractivity contribution in [3.8, 4) is 0 Å². The van der Waals surface area contributed by atoms with Gasteiger partial charge in [-0.15, -0.1) is 0 Å².